The first-order valence-corrected chi connectivity index (χ1v) is 5.18. The molecule has 0 unspecified atom stereocenters. The molecule has 1 heterocycles. The summed E-state index contributed by atoms with van der Waals surface area (Å²) in [7, 11) is 0. The fourth-order valence-corrected chi connectivity index (χ4v) is 2.01. The summed E-state index contributed by atoms with van der Waals surface area (Å²) in [4.78, 5) is 9.25. The fraction of sp³-hybridized carbons (Fsp3) is 0.500. The van der Waals surface area contributed by atoms with Crippen molar-refractivity contribution < 1.29 is 0 Å². The minimum absolute atomic E-state index is 0. The van der Waals surface area contributed by atoms with Crippen LogP contribution in [0.3, 0.4) is 0 Å². The SMILES string of the molecule is Br.Br.Cc1nc(N)sc1CCCN=C(N)N. The Hall–Kier alpha value is -0.340. The summed E-state index contributed by atoms with van der Waals surface area (Å²) in [5, 5.41) is 0.624. The second kappa shape index (κ2) is 8.77. The lowest BCUT2D eigenvalue weighted by molar-refractivity contribution is 0.835. The van der Waals surface area contributed by atoms with Crippen molar-refractivity contribution in [2.24, 2.45) is 16.5 Å². The Morgan fingerprint density at radius 2 is 2.00 bits per heavy atom. The third-order valence-electron chi connectivity index (χ3n) is 1.77. The second-order valence-electron chi connectivity index (χ2n) is 2.97. The van der Waals surface area contributed by atoms with Crippen LogP contribution in [0, 0.1) is 6.92 Å². The zero-order chi connectivity index (χ0) is 10.6. The normalized spacial score (nSPS) is 8.81. The van der Waals surface area contributed by atoms with Crippen molar-refractivity contribution in [3.8, 4) is 0 Å². The third-order valence-corrected chi connectivity index (χ3v) is 2.81. The largest absolute Gasteiger partial charge is 0.375 e. The summed E-state index contributed by atoms with van der Waals surface area (Å²) in [6.45, 7) is 2.61. The lowest BCUT2D eigenvalue weighted by Gasteiger charge is -1.96. The van der Waals surface area contributed by atoms with Gasteiger partial charge in [-0.15, -0.1) is 45.3 Å². The minimum Gasteiger partial charge on any atom is -0.375 e. The van der Waals surface area contributed by atoms with E-state index in [0.717, 1.165) is 18.5 Å². The first-order valence-electron chi connectivity index (χ1n) is 4.36. The molecular weight excluding hydrogens is 358 g/mol. The topological polar surface area (TPSA) is 103 Å². The quantitative estimate of drug-likeness (QED) is 0.421. The van der Waals surface area contributed by atoms with E-state index in [9.17, 15) is 0 Å². The maximum atomic E-state index is 5.57. The van der Waals surface area contributed by atoms with Crippen molar-refractivity contribution in [1.82, 2.24) is 4.98 Å². The van der Waals surface area contributed by atoms with E-state index < -0.39 is 0 Å². The van der Waals surface area contributed by atoms with E-state index in [1.165, 1.54) is 16.2 Å². The van der Waals surface area contributed by atoms with Crippen LogP contribution < -0.4 is 17.2 Å². The number of nitrogen functional groups attached to an aromatic ring is 1. The van der Waals surface area contributed by atoms with Gasteiger partial charge in [0.1, 0.15) is 0 Å². The number of aliphatic imine (C=N–C) groups is 1. The lowest BCUT2D eigenvalue weighted by Crippen LogP contribution is -2.23. The zero-order valence-corrected chi connectivity index (χ0v) is 13.2. The van der Waals surface area contributed by atoms with E-state index >= 15 is 0 Å². The van der Waals surface area contributed by atoms with Gasteiger partial charge in [-0.1, -0.05) is 0 Å². The molecule has 0 fully saturated rings. The highest BCUT2D eigenvalue weighted by atomic mass is 79.9. The summed E-state index contributed by atoms with van der Waals surface area (Å²) < 4.78 is 0. The van der Waals surface area contributed by atoms with Crippen molar-refractivity contribution in [1.29, 1.82) is 0 Å². The van der Waals surface area contributed by atoms with Gasteiger partial charge in [0.2, 0.25) is 0 Å². The number of thiazole rings is 1. The first kappa shape index (κ1) is 18.0. The molecule has 0 aliphatic heterocycles. The van der Waals surface area contributed by atoms with Crippen molar-refractivity contribution in [3.63, 3.8) is 0 Å². The zero-order valence-electron chi connectivity index (χ0n) is 8.97. The Bertz CT molecular complexity index is 335. The van der Waals surface area contributed by atoms with Gasteiger partial charge >= 0.3 is 0 Å². The molecule has 0 bridgehead atoms. The van der Waals surface area contributed by atoms with E-state index in [2.05, 4.69) is 9.98 Å². The molecule has 8 heteroatoms. The number of anilines is 1. The number of nitrogens with zero attached hydrogens (tertiary/aromatic N) is 2. The molecular formula is C8H17Br2N5S. The summed E-state index contributed by atoms with van der Waals surface area (Å²) >= 11 is 1.53. The number of hydrogen-bond acceptors (Lipinski definition) is 4. The molecule has 94 valence electrons. The van der Waals surface area contributed by atoms with Crippen molar-refractivity contribution in [2.45, 2.75) is 19.8 Å². The van der Waals surface area contributed by atoms with Gasteiger partial charge in [-0.3, -0.25) is 4.99 Å². The molecule has 0 amide bonds. The van der Waals surface area contributed by atoms with Gasteiger partial charge in [0.25, 0.3) is 0 Å². The van der Waals surface area contributed by atoms with Crippen molar-refractivity contribution in [2.75, 3.05) is 12.3 Å². The van der Waals surface area contributed by atoms with E-state index in [1.807, 2.05) is 6.92 Å². The number of rotatable bonds is 4. The number of nitrogens with two attached hydrogens (primary N) is 3. The highest BCUT2D eigenvalue weighted by Gasteiger charge is 2.03. The van der Waals surface area contributed by atoms with Crippen LogP contribution in [0.25, 0.3) is 0 Å². The van der Waals surface area contributed by atoms with Crippen LogP contribution in [0.15, 0.2) is 4.99 Å². The van der Waals surface area contributed by atoms with Gasteiger partial charge in [-0.05, 0) is 19.8 Å². The predicted octanol–water partition coefficient (Wildman–Crippen LogP) is 1.40. The summed E-state index contributed by atoms with van der Waals surface area (Å²) in [5.41, 5.74) is 17.0. The van der Waals surface area contributed by atoms with E-state index in [-0.39, 0.29) is 39.9 Å². The molecule has 0 aliphatic carbocycles. The fourth-order valence-electron chi connectivity index (χ4n) is 1.13. The molecule has 1 rings (SSSR count). The highest BCUT2D eigenvalue weighted by Crippen LogP contribution is 2.20. The van der Waals surface area contributed by atoms with Crippen LogP contribution >= 0.6 is 45.3 Å². The van der Waals surface area contributed by atoms with Crippen LogP contribution in [0.1, 0.15) is 17.0 Å². The lowest BCUT2D eigenvalue weighted by atomic mass is 10.2. The van der Waals surface area contributed by atoms with Crippen molar-refractivity contribution >= 4 is 56.4 Å². The minimum atomic E-state index is 0. The van der Waals surface area contributed by atoms with Crippen LogP contribution in [-0.2, 0) is 6.42 Å². The summed E-state index contributed by atoms with van der Waals surface area (Å²) in [5.74, 6) is 0.144. The summed E-state index contributed by atoms with van der Waals surface area (Å²) in [6.07, 6.45) is 1.85. The number of aryl methyl sites for hydroxylation is 2. The van der Waals surface area contributed by atoms with Crippen LogP contribution in [0.5, 0.6) is 0 Å². The highest BCUT2D eigenvalue weighted by molar-refractivity contribution is 8.93. The maximum Gasteiger partial charge on any atom is 0.185 e. The molecule has 0 radical (unpaired) electrons. The smallest absolute Gasteiger partial charge is 0.185 e. The third kappa shape index (κ3) is 6.29. The van der Waals surface area contributed by atoms with Gasteiger partial charge < -0.3 is 17.2 Å². The van der Waals surface area contributed by atoms with Gasteiger partial charge in [-0.25, -0.2) is 4.98 Å². The molecule has 0 saturated carbocycles. The molecule has 1 aromatic rings. The second-order valence-corrected chi connectivity index (χ2v) is 4.09. The van der Waals surface area contributed by atoms with Gasteiger partial charge in [0.05, 0.1) is 5.69 Å². The Morgan fingerprint density at radius 1 is 1.38 bits per heavy atom. The van der Waals surface area contributed by atoms with Crippen LogP contribution in [0.4, 0.5) is 5.13 Å². The molecule has 0 spiro atoms. The van der Waals surface area contributed by atoms with E-state index in [4.69, 9.17) is 17.2 Å². The van der Waals surface area contributed by atoms with Crippen LogP contribution in [0.2, 0.25) is 0 Å². The average molecular weight is 375 g/mol. The Morgan fingerprint density at radius 3 is 2.44 bits per heavy atom. The maximum absolute atomic E-state index is 5.57. The first-order chi connectivity index (χ1) is 6.59. The predicted molar refractivity (Wildman–Crippen MR) is 80.9 cm³/mol. The molecule has 1 aromatic heterocycles. The molecule has 0 aliphatic rings. The standard InChI is InChI=1S/C8H15N5S.2BrH/c1-5-6(14-8(11)13-5)3-2-4-12-7(9)10;;/h2-4H2,1H3,(H2,11,13)(H4,9,10,12);2*1H. The molecule has 16 heavy (non-hydrogen) atoms. The molecule has 0 aromatic carbocycles. The van der Waals surface area contributed by atoms with Crippen LogP contribution in [-0.4, -0.2) is 17.5 Å². The Balaban J connectivity index is 0. The monoisotopic (exact) mass is 373 g/mol. The number of hydrogen-bond donors (Lipinski definition) is 3. The number of halogens is 2. The molecule has 0 saturated heterocycles. The Labute approximate surface area is 120 Å². The number of guanidine groups is 1. The average Bonchev–Trinajstić information content (AvgIpc) is 2.39. The molecule has 0 atom stereocenters. The number of aromatic nitrogens is 1. The molecule has 5 nitrogen and oxygen atoms in total. The molecule has 6 N–H and O–H groups in total. The Kier molecular flexibility index (Phi) is 9.89. The van der Waals surface area contributed by atoms with Gasteiger partial charge in [0.15, 0.2) is 11.1 Å². The summed E-state index contributed by atoms with van der Waals surface area (Å²) in [6, 6.07) is 0. The van der Waals surface area contributed by atoms with E-state index in [0.29, 0.717) is 11.7 Å². The van der Waals surface area contributed by atoms with E-state index in [1.54, 1.807) is 0 Å². The van der Waals surface area contributed by atoms with Crippen molar-refractivity contribution in [3.05, 3.63) is 10.6 Å². The van der Waals surface area contributed by atoms with Gasteiger partial charge in [0, 0.05) is 11.4 Å². The van der Waals surface area contributed by atoms with Gasteiger partial charge in [-0.2, -0.15) is 0 Å².